The van der Waals surface area contributed by atoms with E-state index in [1.54, 1.807) is 18.2 Å². The van der Waals surface area contributed by atoms with Crippen molar-refractivity contribution >= 4 is 35.1 Å². The lowest BCUT2D eigenvalue weighted by Gasteiger charge is -1.91. The summed E-state index contributed by atoms with van der Waals surface area (Å²) in [5.74, 6) is 0. The molecule has 2 aromatic rings. The lowest BCUT2D eigenvalue weighted by atomic mass is 10.1. The fourth-order valence-corrected chi connectivity index (χ4v) is 1.60. The highest BCUT2D eigenvalue weighted by molar-refractivity contribution is 6.31. The number of rotatable bonds is 2. The Morgan fingerprint density at radius 1 is 1.21 bits per heavy atom. The van der Waals surface area contributed by atoms with Crippen LogP contribution < -0.4 is 0 Å². The van der Waals surface area contributed by atoms with Gasteiger partial charge in [-0.1, -0.05) is 11.6 Å². The largest absolute Gasteiger partial charge is 0.352 e. The molecule has 2 rings (SSSR count). The van der Waals surface area contributed by atoms with Crippen LogP contribution in [0.3, 0.4) is 0 Å². The molecule has 0 bridgehead atoms. The normalized spacial score (nSPS) is 10.4. The summed E-state index contributed by atoms with van der Waals surface area (Å²) in [7, 11) is 0. The van der Waals surface area contributed by atoms with E-state index in [4.69, 9.17) is 11.6 Å². The van der Waals surface area contributed by atoms with Crippen molar-refractivity contribution in [1.82, 2.24) is 4.98 Å². The fraction of sp³-hybridized carbons (Fsp3) is 0. The first-order valence-electron chi connectivity index (χ1n) is 3.98. The van der Waals surface area contributed by atoms with Gasteiger partial charge in [0.15, 0.2) is 12.6 Å². The molecule has 0 amide bonds. The quantitative estimate of drug-likeness (QED) is 0.769. The van der Waals surface area contributed by atoms with Crippen LogP contribution in [0.25, 0.3) is 10.9 Å². The number of H-pyrrole nitrogens is 1. The minimum absolute atomic E-state index is 0.289. The number of hydrogen-bond acceptors (Lipinski definition) is 2. The van der Waals surface area contributed by atoms with Gasteiger partial charge in [0.1, 0.15) is 0 Å². The number of benzene rings is 1. The van der Waals surface area contributed by atoms with E-state index in [9.17, 15) is 9.59 Å². The second-order valence-electron chi connectivity index (χ2n) is 2.88. The van der Waals surface area contributed by atoms with E-state index in [2.05, 4.69) is 4.98 Å². The third-order valence-corrected chi connectivity index (χ3v) is 2.30. The molecule has 4 heteroatoms. The highest BCUT2D eigenvalue weighted by atomic mass is 35.5. The maximum absolute atomic E-state index is 10.8. The fourth-order valence-electron chi connectivity index (χ4n) is 1.43. The van der Waals surface area contributed by atoms with Crippen molar-refractivity contribution in [2.24, 2.45) is 0 Å². The van der Waals surface area contributed by atoms with Gasteiger partial charge in [-0.15, -0.1) is 0 Å². The van der Waals surface area contributed by atoms with Crippen molar-refractivity contribution in [3.05, 3.63) is 34.5 Å². The summed E-state index contributed by atoms with van der Waals surface area (Å²) in [6, 6.07) is 5.09. The first-order valence-corrected chi connectivity index (χ1v) is 4.35. The van der Waals surface area contributed by atoms with Crippen LogP contribution in [0.2, 0.25) is 5.02 Å². The van der Waals surface area contributed by atoms with E-state index in [0.29, 0.717) is 28.5 Å². The lowest BCUT2D eigenvalue weighted by Crippen LogP contribution is -1.85. The summed E-state index contributed by atoms with van der Waals surface area (Å²) < 4.78 is 0. The SMILES string of the molecule is O=Cc1[nH]c2ccc(Cl)cc2c1C=O. The van der Waals surface area contributed by atoms with Crippen molar-refractivity contribution < 1.29 is 9.59 Å². The van der Waals surface area contributed by atoms with E-state index in [1.165, 1.54) is 0 Å². The summed E-state index contributed by atoms with van der Waals surface area (Å²) >= 11 is 5.78. The Labute approximate surface area is 84.7 Å². The summed E-state index contributed by atoms with van der Waals surface area (Å²) in [6.45, 7) is 0. The molecule has 1 heterocycles. The lowest BCUT2D eigenvalue weighted by molar-refractivity contribution is 0.109. The van der Waals surface area contributed by atoms with Gasteiger partial charge < -0.3 is 4.98 Å². The van der Waals surface area contributed by atoms with Crippen molar-refractivity contribution in [2.75, 3.05) is 0 Å². The molecule has 1 N–H and O–H groups in total. The highest BCUT2D eigenvalue weighted by Crippen LogP contribution is 2.23. The molecule has 0 radical (unpaired) electrons. The molecule has 0 aliphatic heterocycles. The molecule has 0 saturated heterocycles. The van der Waals surface area contributed by atoms with Crippen LogP contribution in [-0.4, -0.2) is 17.6 Å². The summed E-state index contributed by atoms with van der Waals surface area (Å²) in [5, 5.41) is 1.21. The molecular weight excluding hydrogens is 202 g/mol. The van der Waals surface area contributed by atoms with Gasteiger partial charge in [0.05, 0.1) is 11.3 Å². The molecule has 0 atom stereocenters. The molecule has 1 aromatic heterocycles. The van der Waals surface area contributed by atoms with Gasteiger partial charge in [0.25, 0.3) is 0 Å². The number of aromatic amines is 1. The molecule has 0 saturated carbocycles. The van der Waals surface area contributed by atoms with Crippen LogP contribution >= 0.6 is 11.6 Å². The van der Waals surface area contributed by atoms with Gasteiger partial charge in [0.2, 0.25) is 0 Å². The topological polar surface area (TPSA) is 49.9 Å². The molecular formula is C10H6ClNO2. The number of nitrogens with one attached hydrogen (secondary N) is 1. The van der Waals surface area contributed by atoms with Crippen LogP contribution in [-0.2, 0) is 0 Å². The molecule has 0 fully saturated rings. The van der Waals surface area contributed by atoms with Crippen molar-refractivity contribution in [3.63, 3.8) is 0 Å². The first-order chi connectivity index (χ1) is 6.76. The van der Waals surface area contributed by atoms with E-state index in [-0.39, 0.29) is 5.69 Å². The van der Waals surface area contributed by atoms with E-state index in [0.717, 1.165) is 5.52 Å². The Hall–Kier alpha value is -1.61. The average Bonchev–Trinajstić information content (AvgIpc) is 2.54. The molecule has 0 aliphatic rings. The predicted octanol–water partition coefficient (Wildman–Crippen LogP) is 2.45. The molecule has 0 aliphatic carbocycles. The summed E-state index contributed by atoms with van der Waals surface area (Å²) in [4.78, 5) is 24.2. The first kappa shape index (κ1) is 8.97. The molecule has 0 spiro atoms. The minimum Gasteiger partial charge on any atom is -0.352 e. The molecule has 70 valence electrons. The van der Waals surface area contributed by atoms with Crippen LogP contribution in [0, 0.1) is 0 Å². The number of halogens is 1. The number of aldehydes is 2. The summed E-state index contributed by atoms with van der Waals surface area (Å²) in [6.07, 6.45) is 1.27. The van der Waals surface area contributed by atoms with Crippen molar-refractivity contribution in [2.45, 2.75) is 0 Å². The van der Waals surface area contributed by atoms with Gasteiger partial charge in [-0.05, 0) is 18.2 Å². The van der Waals surface area contributed by atoms with E-state index in [1.807, 2.05) is 0 Å². The zero-order chi connectivity index (χ0) is 10.1. The van der Waals surface area contributed by atoms with Gasteiger partial charge in [-0.3, -0.25) is 9.59 Å². The number of carbonyl (C=O) groups is 2. The average molecular weight is 208 g/mol. The van der Waals surface area contributed by atoms with E-state index < -0.39 is 0 Å². The predicted molar refractivity (Wildman–Crippen MR) is 54.1 cm³/mol. The van der Waals surface area contributed by atoms with Gasteiger partial charge in [0, 0.05) is 15.9 Å². The Kier molecular flexibility index (Phi) is 2.09. The standard InChI is InChI=1S/C10H6ClNO2/c11-6-1-2-9-7(3-6)8(4-13)10(5-14)12-9/h1-5,12H. The van der Waals surface area contributed by atoms with Crippen LogP contribution in [0.15, 0.2) is 18.2 Å². The summed E-state index contributed by atoms with van der Waals surface area (Å²) in [5.41, 5.74) is 1.38. The maximum Gasteiger partial charge on any atom is 0.167 e. The zero-order valence-electron chi connectivity index (χ0n) is 7.08. The maximum atomic E-state index is 10.8. The molecule has 0 unspecified atom stereocenters. The number of aromatic nitrogens is 1. The van der Waals surface area contributed by atoms with Gasteiger partial charge in [-0.2, -0.15) is 0 Å². The van der Waals surface area contributed by atoms with Crippen LogP contribution in [0.1, 0.15) is 20.8 Å². The minimum atomic E-state index is 0.289. The van der Waals surface area contributed by atoms with Crippen LogP contribution in [0.5, 0.6) is 0 Å². The second-order valence-corrected chi connectivity index (χ2v) is 3.31. The van der Waals surface area contributed by atoms with Crippen molar-refractivity contribution in [3.8, 4) is 0 Å². The Morgan fingerprint density at radius 2 is 2.00 bits per heavy atom. The Morgan fingerprint density at radius 3 is 2.64 bits per heavy atom. The zero-order valence-corrected chi connectivity index (χ0v) is 7.84. The number of hydrogen-bond donors (Lipinski definition) is 1. The third-order valence-electron chi connectivity index (χ3n) is 2.07. The number of fused-ring (bicyclic) bond motifs is 1. The van der Waals surface area contributed by atoms with E-state index >= 15 is 0 Å². The Balaban J connectivity index is 2.87. The highest BCUT2D eigenvalue weighted by Gasteiger charge is 2.09. The van der Waals surface area contributed by atoms with Crippen LogP contribution in [0.4, 0.5) is 0 Å². The Bertz CT molecular complexity index is 516. The smallest absolute Gasteiger partial charge is 0.167 e. The third kappa shape index (κ3) is 1.22. The molecule has 3 nitrogen and oxygen atoms in total. The monoisotopic (exact) mass is 207 g/mol. The van der Waals surface area contributed by atoms with Gasteiger partial charge in [-0.25, -0.2) is 0 Å². The second kappa shape index (κ2) is 3.27. The molecule has 14 heavy (non-hydrogen) atoms. The molecule has 1 aromatic carbocycles. The number of carbonyl (C=O) groups excluding carboxylic acids is 2. The van der Waals surface area contributed by atoms with Gasteiger partial charge >= 0.3 is 0 Å². The van der Waals surface area contributed by atoms with Crippen molar-refractivity contribution in [1.29, 1.82) is 0 Å².